The number of ether oxygens (including phenoxy) is 1. The molecule has 2 atom stereocenters. The van der Waals surface area contributed by atoms with Gasteiger partial charge in [0.05, 0.1) is 36.7 Å². The molecule has 2 aliphatic rings. The number of imidazole rings is 1. The number of anilines is 2. The van der Waals surface area contributed by atoms with Gasteiger partial charge >= 0.3 is 0 Å². The van der Waals surface area contributed by atoms with Gasteiger partial charge in [0.2, 0.25) is 11.9 Å². The zero-order chi connectivity index (χ0) is 24.7. The highest BCUT2D eigenvalue weighted by molar-refractivity contribution is 5.83. The highest BCUT2D eigenvalue weighted by Crippen LogP contribution is 2.33. The summed E-state index contributed by atoms with van der Waals surface area (Å²) in [4.78, 5) is 31.3. The van der Waals surface area contributed by atoms with Gasteiger partial charge in [-0.1, -0.05) is 6.07 Å². The van der Waals surface area contributed by atoms with Crippen LogP contribution in [0.25, 0.3) is 5.65 Å². The number of rotatable bonds is 6. The molecule has 186 valence electrons. The Hall–Kier alpha value is -3.40. The van der Waals surface area contributed by atoms with Crippen LogP contribution in [0.3, 0.4) is 0 Å². The smallest absolute Gasteiger partial charge is 0.227 e. The van der Waals surface area contributed by atoms with E-state index in [1.165, 1.54) is 0 Å². The van der Waals surface area contributed by atoms with Gasteiger partial charge in [-0.2, -0.15) is 4.98 Å². The fraction of sp³-hybridized carbons (Fsp3) is 0.520. The number of carbonyl (C=O) groups excluding carboxylic acids is 1. The van der Waals surface area contributed by atoms with Crippen molar-refractivity contribution in [2.24, 2.45) is 5.92 Å². The van der Waals surface area contributed by atoms with Crippen molar-refractivity contribution in [3.8, 4) is 5.75 Å². The zero-order valence-electron chi connectivity index (χ0n) is 21.0. The molecule has 5 heterocycles. The van der Waals surface area contributed by atoms with Crippen LogP contribution in [0.15, 0.2) is 36.8 Å². The Morgan fingerprint density at radius 1 is 1.09 bits per heavy atom. The van der Waals surface area contributed by atoms with Gasteiger partial charge in [-0.3, -0.25) is 4.79 Å². The lowest BCUT2D eigenvalue weighted by atomic mass is 9.95. The molecule has 3 aromatic rings. The van der Waals surface area contributed by atoms with E-state index in [-0.39, 0.29) is 11.8 Å². The highest BCUT2D eigenvalue weighted by atomic mass is 16.5. The molecule has 2 N–H and O–H groups in total. The SMILES string of the molecule is COc1cnc(N2CC(C)N[C@@H](C)C2)nc1N1CC(C(=O)NC(C)(C)c2cnc3ccccn23)C1. The first-order chi connectivity index (χ1) is 16.7. The van der Waals surface area contributed by atoms with Crippen LogP contribution < -0.4 is 25.2 Å². The minimum atomic E-state index is -0.562. The summed E-state index contributed by atoms with van der Waals surface area (Å²) in [6, 6.07) is 6.60. The van der Waals surface area contributed by atoms with E-state index >= 15 is 0 Å². The van der Waals surface area contributed by atoms with Gasteiger partial charge in [-0.05, 0) is 39.8 Å². The van der Waals surface area contributed by atoms with Gasteiger partial charge in [0.15, 0.2) is 11.6 Å². The molecule has 5 rings (SSSR count). The van der Waals surface area contributed by atoms with Crippen molar-refractivity contribution in [3.05, 3.63) is 42.5 Å². The summed E-state index contributed by atoms with van der Waals surface area (Å²) in [6.45, 7) is 11.2. The molecular formula is C25H34N8O2. The first-order valence-electron chi connectivity index (χ1n) is 12.2. The molecule has 2 fully saturated rings. The van der Waals surface area contributed by atoms with Crippen molar-refractivity contribution in [1.82, 2.24) is 30.0 Å². The van der Waals surface area contributed by atoms with E-state index in [0.29, 0.717) is 36.9 Å². The topological polar surface area (TPSA) is 99.9 Å². The van der Waals surface area contributed by atoms with Crippen LogP contribution in [0.2, 0.25) is 0 Å². The average Bonchev–Trinajstić information content (AvgIpc) is 3.22. The fourth-order valence-electron chi connectivity index (χ4n) is 5.05. The number of carbonyl (C=O) groups is 1. The van der Waals surface area contributed by atoms with Gasteiger partial charge in [-0.15, -0.1) is 0 Å². The lowest BCUT2D eigenvalue weighted by Crippen LogP contribution is -2.57. The van der Waals surface area contributed by atoms with E-state index in [1.54, 1.807) is 13.3 Å². The molecule has 1 unspecified atom stereocenters. The third-order valence-electron chi connectivity index (χ3n) is 6.83. The molecule has 3 aromatic heterocycles. The maximum Gasteiger partial charge on any atom is 0.227 e. The van der Waals surface area contributed by atoms with Crippen molar-refractivity contribution < 1.29 is 9.53 Å². The first kappa shape index (κ1) is 23.3. The molecular weight excluding hydrogens is 444 g/mol. The second-order valence-corrected chi connectivity index (χ2v) is 10.2. The molecule has 35 heavy (non-hydrogen) atoms. The maximum atomic E-state index is 13.1. The number of aromatic nitrogens is 4. The van der Waals surface area contributed by atoms with Crippen LogP contribution in [0.1, 0.15) is 33.4 Å². The average molecular weight is 479 g/mol. The van der Waals surface area contributed by atoms with Gasteiger partial charge in [0, 0.05) is 44.5 Å². The molecule has 0 spiro atoms. The first-order valence-corrected chi connectivity index (χ1v) is 12.2. The van der Waals surface area contributed by atoms with E-state index in [0.717, 1.165) is 30.2 Å². The van der Waals surface area contributed by atoms with Crippen LogP contribution in [-0.2, 0) is 10.3 Å². The fourth-order valence-corrected chi connectivity index (χ4v) is 5.05. The number of pyridine rings is 1. The summed E-state index contributed by atoms with van der Waals surface area (Å²) in [5, 5.41) is 6.76. The minimum absolute atomic E-state index is 0.0233. The number of fused-ring (bicyclic) bond motifs is 1. The molecule has 10 nitrogen and oxygen atoms in total. The number of hydrogen-bond donors (Lipinski definition) is 2. The largest absolute Gasteiger partial charge is 0.491 e. The Kier molecular flexibility index (Phi) is 6.00. The highest BCUT2D eigenvalue weighted by Gasteiger charge is 2.38. The second-order valence-electron chi connectivity index (χ2n) is 10.2. The minimum Gasteiger partial charge on any atom is -0.491 e. The van der Waals surface area contributed by atoms with Crippen molar-refractivity contribution in [1.29, 1.82) is 0 Å². The Labute approximate surface area is 205 Å². The summed E-state index contributed by atoms with van der Waals surface area (Å²) in [7, 11) is 1.62. The number of nitrogens with zero attached hydrogens (tertiary/aromatic N) is 6. The molecule has 10 heteroatoms. The van der Waals surface area contributed by atoms with E-state index in [9.17, 15) is 4.79 Å². The third kappa shape index (κ3) is 4.50. The lowest BCUT2D eigenvalue weighted by molar-refractivity contribution is -0.127. The Bertz CT molecular complexity index is 1210. The van der Waals surface area contributed by atoms with E-state index in [2.05, 4.69) is 44.2 Å². The van der Waals surface area contributed by atoms with E-state index in [1.807, 2.05) is 48.8 Å². The van der Waals surface area contributed by atoms with Gasteiger partial charge in [0.25, 0.3) is 0 Å². The Balaban J connectivity index is 1.27. The summed E-state index contributed by atoms with van der Waals surface area (Å²) < 4.78 is 7.56. The monoisotopic (exact) mass is 478 g/mol. The van der Waals surface area contributed by atoms with Crippen molar-refractivity contribution in [3.63, 3.8) is 0 Å². The molecule has 0 radical (unpaired) electrons. The summed E-state index contributed by atoms with van der Waals surface area (Å²) >= 11 is 0. The Morgan fingerprint density at radius 2 is 1.83 bits per heavy atom. The number of amides is 1. The molecule has 2 saturated heterocycles. The van der Waals surface area contributed by atoms with Crippen LogP contribution in [0, 0.1) is 5.92 Å². The number of methoxy groups -OCH3 is 1. The number of hydrogen-bond acceptors (Lipinski definition) is 8. The van der Waals surface area contributed by atoms with E-state index < -0.39 is 5.54 Å². The normalized spacial score (nSPS) is 21.2. The van der Waals surface area contributed by atoms with Gasteiger partial charge < -0.3 is 29.6 Å². The Morgan fingerprint density at radius 3 is 2.54 bits per heavy atom. The van der Waals surface area contributed by atoms with Crippen LogP contribution >= 0.6 is 0 Å². The van der Waals surface area contributed by atoms with Crippen molar-refractivity contribution in [2.45, 2.75) is 45.3 Å². The predicted molar refractivity (Wildman–Crippen MR) is 135 cm³/mol. The summed E-state index contributed by atoms with van der Waals surface area (Å²) in [5.41, 5.74) is 1.24. The predicted octanol–water partition coefficient (Wildman–Crippen LogP) is 1.81. The summed E-state index contributed by atoms with van der Waals surface area (Å²) in [6.07, 6.45) is 5.53. The lowest BCUT2D eigenvalue weighted by Gasteiger charge is -2.41. The number of nitrogens with one attached hydrogen (secondary N) is 2. The maximum absolute atomic E-state index is 13.1. The van der Waals surface area contributed by atoms with Crippen LogP contribution in [0.5, 0.6) is 5.75 Å². The van der Waals surface area contributed by atoms with E-state index in [4.69, 9.17) is 9.72 Å². The zero-order valence-corrected chi connectivity index (χ0v) is 21.0. The van der Waals surface area contributed by atoms with Crippen LogP contribution in [-0.4, -0.2) is 70.6 Å². The summed E-state index contributed by atoms with van der Waals surface area (Å²) in [5.74, 6) is 1.95. The second kappa shape index (κ2) is 8.99. The van der Waals surface area contributed by atoms with Crippen molar-refractivity contribution >= 4 is 23.3 Å². The quantitative estimate of drug-likeness (QED) is 0.553. The molecule has 0 aliphatic carbocycles. The third-order valence-corrected chi connectivity index (χ3v) is 6.83. The molecule has 0 bridgehead atoms. The molecule has 0 aromatic carbocycles. The number of piperazine rings is 1. The molecule has 2 aliphatic heterocycles. The molecule has 1 amide bonds. The van der Waals surface area contributed by atoms with Gasteiger partial charge in [-0.25, -0.2) is 9.97 Å². The van der Waals surface area contributed by atoms with Crippen molar-refractivity contribution in [2.75, 3.05) is 43.1 Å². The molecule has 0 saturated carbocycles. The van der Waals surface area contributed by atoms with Crippen LogP contribution in [0.4, 0.5) is 11.8 Å². The standard InChI is InChI=1S/C25H34N8O2/c1-16-12-32(13-17(2)28-16)24-27-10-19(35-5)22(29-24)31-14-18(15-31)23(34)30-25(3,4)20-11-26-21-8-6-7-9-33(20)21/h6-11,16-18,28H,12-15H2,1-5H3,(H,30,34)/t16-,17?/m0/s1. The van der Waals surface area contributed by atoms with Gasteiger partial charge in [0.1, 0.15) is 5.65 Å².